The van der Waals surface area contributed by atoms with E-state index in [9.17, 15) is 0 Å². The van der Waals surface area contributed by atoms with Gasteiger partial charge in [-0.2, -0.15) is 5.10 Å². The van der Waals surface area contributed by atoms with Crippen LogP contribution in [0.3, 0.4) is 0 Å². The van der Waals surface area contributed by atoms with Gasteiger partial charge in [0.05, 0.1) is 18.8 Å². The third-order valence-corrected chi connectivity index (χ3v) is 4.43. The lowest BCUT2D eigenvalue weighted by Crippen LogP contribution is -2.39. The molecule has 0 amide bonds. The molecular weight excluding hydrogens is 290 g/mol. The number of nitrogens with zero attached hydrogens (tertiary/aromatic N) is 2. The first-order valence-electron chi connectivity index (χ1n) is 8.52. The Balaban J connectivity index is 1.84. The molecule has 1 fully saturated rings. The molecule has 1 N–H and O–H groups in total. The molecule has 0 spiro atoms. The van der Waals surface area contributed by atoms with Gasteiger partial charge in [0, 0.05) is 31.1 Å². The summed E-state index contributed by atoms with van der Waals surface area (Å²) in [6, 6.07) is 6.48. The Labute approximate surface area is 138 Å². The van der Waals surface area contributed by atoms with E-state index in [0.29, 0.717) is 12.5 Å². The van der Waals surface area contributed by atoms with Crippen LogP contribution in [0.4, 0.5) is 0 Å². The van der Waals surface area contributed by atoms with E-state index < -0.39 is 0 Å². The average molecular weight is 317 g/mol. The molecule has 2 aliphatic rings. The Bertz CT molecular complexity index is 586. The van der Waals surface area contributed by atoms with Crippen LogP contribution in [0, 0.1) is 5.92 Å². The molecule has 2 aliphatic heterocycles. The van der Waals surface area contributed by atoms with Gasteiger partial charge in [0.25, 0.3) is 0 Å². The van der Waals surface area contributed by atoms with Crippen LogP contribution in [0.15, 0.2) is 23.3 Å². The quantitative estimate of drug-likeness (QED) is 0.907. The van der Waals surface area contributed by atoms with Gasteiger partial charge < -0.3 is 19.8 Å². The number of rotatable bonds is 5. The van der Waals surface area contributed by atoms with Crippen LogP contribution < -0.4 is 14.9 Å². The minimum absolute atomic E-state index is 0.131. The molecule has 0 aliphatic carbocycles. The van der Waals surface area contributed by atoms with Crippen molar-refractivity contribution in [3.8, 4) is 11.5 Å². The molecule has 5 heteroatoms. The van der Waals surface area contributed by atoms with Crippen LogP contribution in [0.1, 0.15) is 38.8 Å². The molecule has 3 rings (SSSR count). The summed E-state index contributed by atoms with van der Waals surface area (Å²) in [5.74, 6) is 2.07. The lowest BCUT2D eigenvalue weighted by Gasteiger charge is -2.31. The van der Waals surface area contributed by atoms with Crippen molar-refractivity contribution in [3.63, 3.8) is 0 Å². The predicted octanol–water partition coefficient (Wildman–Crippen LogP) is 2.82. The Morgan fingerprint density at radius 1 is 1.35 bits per heavy atom. The minimum Gasteiger partial charge on any atom is -0.490 e. The number of ether oxygens (including phenoxy) is 2. The first kappa shape index (κ1) is 16.1. The number of hydrogen-bond acceptors (Lipinski definition) is 5. The van der Waals surface area contributed by atoms with Crippen LogP contribution in [-0.2, 0) is 0 Å². The summed E-state index contributed by atoms with van der Waals surface area (Å²) in [4.78, 5) is 2.38. The summed E-state index contributed by atoms with van der Waals surface area (Å²) < 4.78 is 11.7. The zero-order valence-electron chi connectivity index (χ0n) is 14.5. The minimum atomic E-state index is 0.131. The maximum Gasteiger partial charge on any atom is 0.161 e. The van der Waals surface area contributed by atoms with Gasteiger partial charge in [0.2, 0.25) is 0 Å². The maximum absolute atomic E-state index is 5.86. The van der Waals surface area contributed by atoms with E-state index in [2.05, 4.69) is 34.6 Å². The van der Waals surface area contributed by atoms with E-state index in [4.69, 9.17) is 9.47 Å². The molecule has 23 heavy (non-hydrogen) atoms. The van der Waals surface area contributed by atoms with Crippen molar-refractivity contribution in [2.45, 2.75) is 39.3 Å². The van der Waals surface area contributed by atoms with E-state index in [1.807, 2.05) is 26.8 Å². The van der Waals surface area contributed by atoms with Crippen molar-refractivity contribution in [1.29, 1.82) is 0 Å². The second-order valence-corrected chi connectivity index (χ2v) is 6.63. The van der Waals surface area contributed by atoms with E-state index in [1.165, 1.54) is 11.3 Å². The third-order valence-electron chi connectivity index (χ3n) is 4.43. The van der Waals surface area contributed by atoms with E-state index >= 15 is 0 Å². The van der Waals surface area contributed by atoms with Gasteiger partial charge in [-0.1, -0.05) is 6.07 Å². The van der Waals surface area contributed by atoms with Crippen LogP contribution in [0.2, 0.25) is 0 Å². The Hall–Kier alpha value is -1.75. The average Bonchev–Trinajstić information content (AvgIpc) is 2.92. The van der Waals surface area contributed by atoms with Crippen LogP contribution in [0.5, 0.6) is 11.5 Å². The molecule has 2 unspecified atom stereocenters. The van der Waals surface area contributed by atoms with Crippen molar-refractivity contribution < 1.29 is 9.47 Å². The van der Waals surface area contributed by atoms with Crippen molar-refractivity contribution in [3.05, 3.63) is 23.8 Å². The van der Waals surface area contributed by atoms with E-state index in [-0.39, 0.29) is 12.1 Å². The van der Waals surface area contributed by atoms with E-state index in [1.54, 1.807) is 0 Å². The number of piperidine rings is 1. The molecule has 2 atom stereocenters. The number of hydrogen-bond donors (Lipinski definition) is 1. The fourth-order valence-corrected chi connectivity index (χ4v) is 3.35. The molecule has 1 saturated heterocycles. The van der Waals surface area contributed by atoms with Gasteiger partial charge in [-0.3, -0.25) is 0 Å². The predicted molar refractivity (Wildman–Crippen MR) is 92.3 cm³/mol. The lowest BCUT2D eigenvalue weighted by atomic mass is 9.86. The Morgan fingerprint density at radius 3 is 2.91 bits per heavy atom. The highest BCUT2D eigenvalue weighted by Crippen LogP contribution is 2.37. The topological polar surface area (TPSA) is 46.1 Å². The smallest absolute Gasteiger partial charge is 0.161 e. The normalized spacial score (nSPS) is 24.1. The summed E-state index contributed by atoms with van der Waals surface area (Å²) in [5, 5.41) is 4.56. The zero-order valence-corrected chi connectivity index (χ0v) is 14.5. The highest BCUT2D eigenvalue weighted by atomic mass is 16.5. The lowest BCUT2D eigenvalue weighted by molar-refractivity contribution is 0.223. The van der Waals surface area contributed by atoms with Gasteiger partial charge in [0.1, 0.15) is 0 Å². The van der Waals surface area contributed by atoms with Gasteiger partial charge in [-0.05, 0) is 45.5 Å². The molecule has 1 aromatic rings. The monoisotopic (exact) mass is 317 g/mol. The molecule has 0 radical (unpaired) electrons. The van der Waals surface area contributed by atoms with Crippen molar-refractivity contribution in [1.82, 2.24) is 10.3 Å². The first-order valence-corrected chi connectivity index (χ1v) is 8.52. The molecule has 2 heterocycles. The second-order valence-electron chi connectivity index (χ2n) is 6.63. The summed E-state index contributed by atoms with van der Waals surface area (Å²) >= 11 is 0. The fourth-order valence-electron chi connectivity index (χ4n) is 3.35. The first-order chi connectivity index (χ1) is 11.1. The van der Waals surface area contributed by atoms with Gasteiger partial charge in [-0.15, -0.1) is 0 Å². The largest absolute Gasteiger partial charge is 0.490 e. The molecule has 1 aromatic carbocycles. The Kier molecular flexibility index (Phi) is 4.76. The van der Waals surface area contributed by atoms with E-state index in [0.717, 1.165) is 31.0 Å². The zero-order chi connectivity index (χ0) is 16.4. The Morgan fingerprint density at radius 2 is 2.17 bits per heavy atom. The highest BCUT2D eigenvalue weighted by molar-refractivity contribution is 5.89. The van der Waals surface area contributed by atoms with Crippen molar-refractivity contribution in [2.24, 2.45) is 11.0 Å². The summed E-state index contributed by atoms with van der Waals surface area (Å²) in [7, 11) is 2.18. The van der Waals surface area contributed by atoms with Gasteiger partial charge in [0.15, 0.2) is 11.5 Å². The molecular formula is C18H27N3O2. The second kappa shape index (κ2) is 6.79. The van der Waals surface area contributed by atoms with Gasteiger partial charge >= 0.3 is 0 Å². The van der Waals surface area contributed by atoms with Crippen LogP contribution >= 0.6 is 0 Å². The molecule has 126 valence electrons. The molecule has 5 nitrogen and oxygen atoms in total. The number of nitrogens with one attached hydrogen (secondary N) is 1. The fraction of sp³-hybridized carbons (Fsp3) is 0.611. The van der Waals surface area contributed by atoms with Crippen LogP contribution in [0.25, 0.3) is 0 Å². The SMILES string of the molecule is CCOc1cc(C2NN=C3CCN(C)CC32)ccc1OC(C)C. The molecule has 0 bridgehead atoms. The summed E-state index contributed by atoms with van der Waals surface area (Å²) in [5.41, 5.74) is 5.84. The van der Waals surface area contributed by atoms with Crippen molar-refractivity contribution >= 4 is 5.71 Å². The summed E-state index contributed by atoms with van der Waals surface area (Å²) in [6.07, 6.45) is 1.18. The molecule has 0 saturated carbocycles. The third kappa shape index (κ3) is 3.44. The standard InChI is InChI=1S/C18H27N3O2/c1-5-22-17-10-13(6-7-16(17)23-12(2)3)18-14-11-21(4)9-8-15(14)19-20-18/h6-7,10,12,14,18,20H,5,8-9,11H2,1-4H3. The summed E-state index contributed by atoms with van der Waals surface area (Å²) in [6.45, 7) is 8.82. The molecule has 0 aromatic heterocycles. The maximum atomic E-state index is 5.86. The van der Waals surface area contributed by atoms with Crippen molar-refractivity contribution in [2.75, 3.05) is 26.7 Å². The number of benzene rings is 1. The number of hydrazone groups is 1. The van der Waals surface area contributed by atoms with Gasteiger partial charge in [-0.25, -0.2) is 0 Å². The highest BCUT2D eigenvalue weighted by Gasteiger charge is 2.36. The number of fused-ring (bicyclic) bond motifs is 1. The number of likely N-dealkylation sites (tertiary alicyclic amines) is 1. The van der Waals surface area contributed by atoms with Crippen LogP contribution in [-0.4, -0.2) is 43.5 Å².